The molecule has 0 atom stereocenters. The van der Waals surface area contributed by atoms with Crippen LogP contribution in [0.3, 0.4) is 0 Å². The van der Waals surface area contributed by atoms with Crippen LogP contribution in [0.2, 0.25) is 0 Å². The summed E-state index contributed by atoms with van der Waals surface area (Å²) in [4.78, 5) is 9.06. The molecule has 0 aliphatic heterocycles. The number of aromatic nitrogens is 2. The van der Waals surface area contributed by atoms with Gasteiger partial charge in [-0.1, -0.05) is 20.8 Å². The van der Waals surface area contributed by atoms with Crippen molar-refractivity contribution >= 4 is 5.82 Å². The zero-order valence-electron chi connectivity index (χ0n) is 11.8. The molecule has 0 radical (unpaired) electrons. The minimum Gasteiger partial charge on any atom is -0.367 e. The molecule has 0 aromatic carbocycles. The molecule has 5 heteroatoms. The number of rotatable bonds is 7. The minimum atomic E-state index is -0.411. The van der Waals surface area contributed by atoms with Gasteiger partial charge in [0.05, 0.1) is 0 Å². The molecular formula is C13H24N4O. The zero-order valence-corrected chi connectivity index (χ0v) is 11.8. The molecule has 1 rings (SSSR count). The van der Waals surface area contributed by atoms with Crippen molar-refractivity contribution in [1.82, 2.24) is 9.97 Å². The SMILES string of the molecule is CCOC(CC)(CC)c1nc(CC)cc(NN)n1. The summed E-state index contributed by atoms with van der Waals surface area (Å²) in [7, 11) is 0. The van der Waals surface area contributed by atoms with E-state index in [0.29, 0.717) is 12.4 Å². The number of nitrogen functional groups attached to an aromatic ring is 1. The molecule has 0 bridgehead atoms. The maximum Gasteiger partial charge on any atom is 0.162 e. The minimum absolute atomic E-state index is 0.411. The van der Waals surface area contributed by atoms with Gasteiger partial charge in [0.2, 0.25) is 0 Å². The second-order valence-corrected chi connectivity index (χ2v) is 4.20. The van der Waals surface area contributed by atoms with E-state index in [4.69, 9.17) is 10.6 Å². The van der Waals surface area contributed by atoms with Crippen molar-refractivity contribution in [2.75, 3.05) is 12.0 Å². The zero-order chi connectivity index (χ0) is 13.6. The van der Waals surface area contributed by atoms with Crippen molar-refractivity contribution in [2.24, 2.45) is 5.84 Å². The van der Waals surface area contributed by atoms with E-state index in [0.717, 1.165) is 30.8 Å². The standard InChI is InChI=1S/C13H24N4O/c1-5-10-9-11(17-14)16-12(15-10)13(6-2,7-3)18-8-4/h9H,5-8,14H2,1-4H3,(H,15,16,17). The van der Waals surface area contributed by atoms with E-state index < -0.39 is 5.60 Å². The van der Waals surface area contributed by atoms with E-state index >= 15 is 0 Å². The second-order valence-electron chi connectivity index (χ2n) is 4.20. The highest BCUT2D eigenvalue weighted by molar-refractivity contribution is 5.35. The Hall–Kier alpha value is -1.20. The number of hydrogen-bond acceptors (Lipinski definition) is 5. The Morgan fingerprint density at radius 2 is 1.89 bits per heavy atom. The molecule has 0 unspecified atom stereocenters. The number of nitrogens with two attached hydrogens (primary N) is 1. The monoisotopic (exact) mass is 252 g/mol. The first-order valence-corrected chi connectivity index (χ1v) is 6.64. The number of hydrazine groups is 1. The van der Waals surface area contributed by atoms with E-state index in [9.17, 15) is 0 Å². The van der Waals surface area contributed by atoms with Crippen LogP contribution >= 0.6 is 0 Å². The summed E-state index contributed by atoms with van der Waals surface area (Å²) in [6.07, 6.45) is 2.53. The molecule has 0 spiro atoms. The summed E-state index contributed by atoms with van der Waals surface area (Å²) in [5.74, 6) is 6.83. The van der Waals surface area contributed by atoms with Gasteiger partial charge >= 0.3 is 0 Å². The molecule has 0 aliphatic rings. The molecular weight excluding hydrogens is 228 g/mol. The predicted molar refractivity (Wildman–Crippen MR) is 73.1 cm³/mol. The van der Waals surface area contributed by atoms with Gasteiger partial charge in [-0.3, -0.25) is 0 Å². The lowest BCUT2D eigenvalue weighted by molar-refractivity contribution is -0.0571. The van der Waals surface area contributed by atoms with Crippen LogP contribution in [0.5, 0.6) is 0 Å². The fraction of sp³-hybridized carbons (Fsp3) is 0.692. The van der Waals surface area contributed by atoms with Crippen LogP contribution in [0, 0.1) is 0 Å². The van der Waals surface area contributed by atoms with Crippen molar-refractivity contribution < 1.29 is 4.74 Å². The number of nitrogens with one attached hydrogen (secondary N) is 1. The normalized spacial score (nSPS) is 11.6. The summed E-state index contributed by atoms with van der Waals surface area (Å²) in [5, 5.41) is 0. The van der Waals surface area contributed by atoms with Gasteiger partial charge in [0.15, 0.2) is 5.82 Å². The largest absolute Gasteiger partial charge is 0.367 e. The van der Waals surface area contributed by atoms with Gasteiger partial charge in [0.1, 0.15) is 11.4 Å². The molecule has 0 aliphatic carbocycles. The van der Waals surface area contributed by atoms with Crippen LogP contribution in [0.25, 0.3) is 0 Å². The average molecular weight is 252 g/mol. The van der Waals surface area contributed by atoms with Crippen molar-refractivity contribution in [2.45, 2.75) is 52.6 Å². The van der Waals surface area contributed by atoms with Gasteiger partial charge in [0, 0.05) is 18.4 Å². The van der Waals surface area contributed by atoms with Crippen molar-refractivity contribution in [3.63, 3.8) is 0 Å². The topological polar surface area (TPSA) is 73.1 Å². The fourth-order valence-electron chi connectivity index (χ4n) is 2.07. The average Bonchev–Trinajstić information content (AvgIpc) is 2.44. The number of aryl methyl sites for hydroxylation is 1. The maximum atomic E-state index is 5.92. The molecule has 0 amide bonds. The first kappa shape index (κ1) is 14.9. The smallest absolute Gasteiger partial charge is 0.162 e. The highest BCUT2D eigenvalue weighted by Crippen LogP contribution is 2.31. The lowest BCUT2D eigenvalue weighted by Gasteiger charge is -2.30. The second kappa shape index (κ2) is 6.66. The molecule has 0 saturated carbocycles. The third-order valence-corrected chi connectivity index (χ3v) is 3.26. The van der Waals surface area contributed by atoms with Crippen molar-refractivity contribution in [3.05, 3.63) is 17.6 Å². The van der Waals surface area contributed by atoms with Crippen LogP contribution in [-0.4, -0.2) is 16.6 Å². The Kier molecular flexibility index (Phi) is 5.50. The van der Waals surface area contributed by atoms with Crippen molar-refractivity contribution in [1.29, 1.82) is 0 Å². The van der Waals surface area contributed by atoms with Crippen LogP contribution in [0.4, 0.5) is 5.82 Å². The number of anilines is 1. The Balaban J connectivity index is 3.26. The molecule has 1 aromatic rings. The number of hydrogen-bond donors (Lipinski definition) is 2. The van der Waals surface area contributed by atoms with E-state index in [-0.39, 0.29) is 0 Å². The molecule has 5 nitrogen and oxygen atoms in total. The molecule has 3 N–H and O–H groups in total. The highest BCUT2D eigenvalue weighted by Gasteiger charge is 2.32. The molecule has 0 saturated heterocycles. The Morgan fingerprint density at radius 3 is 2.33 bits per heavy atom. The fourth-order valence-corrected chi connectivity index (χ4v) is 2.07. The molecule has 102 valence electrons. The van der Waals surface area contributed by atoms with Crippen molar-refractivity contribution in [3.8, 4) is 0 Å². The summed E-state index contributed by atoms with van der Waals surface area (Å²) in [6, 6.07) is 1.87. The van der Waals surface area contributed by atoms with Gasteiger partial charge in [-0.15, -0.1) is 0 Å². The lowest BCUT2D eigenvalue weighted by Crippen LogP contribution is -2.31. The summed E-state index contributed by atoms with van der Waals surface area (Å²) < 4.78 is 5.92. The lowest BCUT2D eigenvalue weighted by atomic mass is 9.95. The third-order valence-electron chi connectivity index (χ3n) is 3.26. The maximum absolute atomic E-state index is 5.92. The molecule has 1 aromatic heterocycles. The van der Waals surface area contributed by atoms with E-state index in [1.165, 1.54) is 0 Å². The van der Waals surface area contributed by atoms with Crippen LogP contribution < -0.4 is 11.3 Å². The summed E-state index contributed by atoms with van der Waals surface area (Å²) in [6.45, 7) is 8.89. The summed E-state index contributed by atoms with van der Waals surface area (Å²) >= 11 is 0. The predicted octanol–water partition coefficient (Wildman–Crippen LogP) is 2.38. The third kappa shape index (κ3) is 2.97. The van der Waals surface area contributed by atoms with E-state index in [1.54, 1.807) is 0 Å². The number of nitrogens with zero attached hydrogens (tertiary/aromatic N) is 2. The molecule has 18 heavy (non-hydrogen) atoms. The van der Waals surface area contributed by atoms with Gasteiger partial charge in [-0.25, -0.2) is 15.8 Å². The molecule has 1 heterocycles. The van der Waals surface area contributed by atoms with Crippen LogP contribution in [0.1, 0.15) is 52.1 Å². The Bertz CT molecular complexity index is 355. The Labute approximate surface area is 109 Å². The van der Waals surface area contributed by atoms with Gasteiger partial charge in [0.25, 0.3) is 0 Å². The first-order chi connectivity index (χ1) is 8.65. The van der Waals surface area contributed by atoms with Gasteiger partial charge in [-0.2, -0.15) is 0 Å². The molecule has 0 fully saturated rings. The van der Waals surface area contributed by atoms with Gasteiger partial charge < -0.3 is 10.2 Å². The Morgan fingerprint density at radius 1 is 1.22 bits per heavy atom. The van der Waals surface area contributed by atoms with E-state index in [1.807, 2.05) is 13.0 Å². The summed E-state index contributed by atoms with van der Waals surface area (Å²) in [5.41, 5.74) is 3.16. The highest BCUT2D eigenvalue weighted by atomic mass is 16.5. The first-order valence-electron chi connectivity index (χ1n) is 6.64. The van der Waals surface area contributed by atoms with E-state index in [2.05, 4.69) is 36.2 Å². The van der Waals surface area contributed by atoms with Gasteiger partial charge in [-0.05, 0) is 26.2 Å². The number of ether oxygens (including phenoxy) is 1. The van der Waals surface area contributed by atoms with Crippen LogP contribution in [0.15, 0.2) is 6.07 Å². The van der Waals surface area contributed by atoms with Crippen LogP contribution in [-0.2, 0) is 16.8 Å². The quantitative estimate of drug-likeness (QED) is 0.575.